The van der Waals surface area contributed by atoms with Crippen LogP contribution in [-0.2, 0) is 11.2 Å². The van der Waals surface area contributed by atoms with Gasteiger partial charge in [0.2, 0.25) is 5.91 Å². The van der Waals surface area contributed by atoms with Crippen LogP contribution in [-0.4, -0.2) is 80.4 Å². The predicted octanol–water partition coefficient (Wildman–Crippen LogP) is 4.75. The molecule has 0 atom stereocenters. The van der Waals surface area contributed by atoms with E-state index in [0.29, 0.717) is 56.6 Å². The van der Waals surface area contributed by atoms with Crippen molar-refractivity contribution in [3.05, 3.63) is 88.4 Å². The zero-order valence-electron chi connectivity index (χ0n) is 23.8. The van der Waals surface area contributed by atoms with Gasteiger partial charge in [-0.15, -0.1) is 0 Å². The van der Waals surface area contributed by atoms with Crippen LogP contribution in [0.5, 0.6) is 5.75 Å². The quantitative estimate of drug-likeness (QED) is 0.372. The van der Waals surface area contributed by atoms with Crippen LogP contribution >= 0.6 is 11.6 Å². The average Bonchev–Trinajstić information content (AvgIpc) is 3.28. The molecule has 0 aromatic heterocycles. The average molecular weight is 587 g/mol. The second-order valence-electron chi connectivity index (χ2n) is 11.0. The number of rotatable bonds is 7. The molecule has 0 bridgehead atoms. The Kier molecular flexibility index (Phi) is 8.07. The van der Waals surface area contributed by atoms with Crippen molar-refractivity contribution in [2.24, 2.45) is 5.92 Å². The third-order valence-electron chi connectivity index (χ3n) is 8.74. The summed E-state index contributed by atoms with van der Waals surface area (Å²) in [6, 6.07) is 21.0. The van der Waals surface area contributed by atoms with E-state index in [1.807, 2.05) is 65.6 Å². The summed E-state index contributed by atoms with van der Waals surface area (Å²) in [6.45, 7) is 4.48. The van der Waals surface area contributed by atoms with Crippen molar-refractivity contribution in [1.82, 2.24) is 9.80 Å². The van der Waals surface area contributed by atoms with Crippen LogP contribution < -0.4 is 14.5 Å². The molecule has 42 heavy (non-hydrogen) atoms. The van der Waals surface area contributed by atoms with Gasteiger partial charge in [0, 0.05) is 51.7 Å². The highest BCUT2D eigenvalue weighted by atomic mass is 35.5. The van der Waals surface area contributed by atoms with Crippen molar-refractivity contribution in [3.8, 4) is 5.75 Å². The van der Waals surface area contributed by atoms with Gasteiger partial charge in [0.15, 0.2) is 0 Å². The van der Waals surface area contributed by atoms with Crippen LogP contribution in [0.25, 0.3) is 0 Å². The van der Waals surface area contributed by atoms with E-state index in [9.17, 15) is 14.4 Å². The molecule has 9 heteroatoms. The molecule has 0 unspecified atom stereocenters. The van der Waals surface area contributed by atoms with Gasteiger partial charge < -0.3 is 19.4 Å². The lowest BCUT2D eigenvalue weighted by atomic mass is 9.93. The Balaban J connectivity index is 1.07. The number of piperazine rings is 1. The number of methoxy groups -OCH3 is 1. The summed E-state index contributed by atoms with van der Waals surface area (Å²) >= 11 is 6.38. The van der Waals surface area contributed by atoms with Crippen LogP contribution in [0, 0.1) is 5.92 Å². The predicted molar refractivity (Wildman–Crippen MR) is 164 cm³/mol. The molecule has 3 aliphatic rings. The van der Waals surface area contributed by atoms with Gasteiger partial charge in [-0.1, -0.05) is 48.0 Å². The highest BCUT2D eigenvalue weighted by Gasteiger charge is 2.39. The first-order chi connectivity index (χ1) is 20.5. The summed E-state index contributed by atoms with van der Waals surface area (Å²) < 4.78 is 5.44. The number of hydrogen-bond donors (Lipinski definition) is 0. The van der Waals surface area contributed by atoms with Crippen LogP contribution in [0.2, 0.25) is 5.02 Å². The fourth-order valence-corrected chi connectivity index (χ4v) is 6.68. The molecule has 6 rings (SSSR count). The molecule has 0 saturated carbocycles. The molecule has 3 aromatic carbocycles. The third kappa shape index (κ3) is 5.31. The van der Waals surface area contributed by atoms with E-state index < -0.39 is 0 Å². The van der Waals surface area contributed by atoms with Crippen molar-refractivity contribution in [2.45, 2.75) is 19.3 Å². The van der Waals surface area contributed by atoms with E-state index >= 15 is 0 Å². The molecule has 2 saturated heterocycles. The van der Waals surface area contributed by atoms with Gasteiger partial charge in [0.25, 0.3) is 11.8 Å². The molecule has 0 radical (unpaired) electrons. The minimum atomic E-state index is -0.257. The maximum atomic E-state index is 13.5. The summed E-state index contributed by atoms with van der Waals surface area (Å²) in [7, 11) is 1.62. The maximum Gasteiger partial charge on any atom is 0.263 e. The lowest BCUT2D eigenvalue weighted by molar-refractivity contribution is -0.136. The third-order valence-corrected chi connectivity index (χ3v) is 9.06. The molecule has 0 spiro atoms. The number of fused-ring (bicyclic) bond motifs is 1. The van der Waals surface area contributed by atoms with Crippen LogP contribution in [0.3, 0.4) is 0 Å². The zero-order chi connectivity index (χ0) is 29.2. The van der Waals surface area contributed by atoms with E-state index in [1.165, 1.54) is 4.90 Å². The fraction of sp³-hybridized carbons (Fsp3) is 0.364. The second-order valence-corrected chi connectivity index (χ2v) is 11.5. The molecule has 3 aliphatic heterocycles. The molecule has 3 heterocycles. The number of piperidine rings is 1. The standard InChI is InChI=1S/C33H35ClN4O4/c1-42-29-12-5-2-7-23(29)15-18-38-32(40)25-8-6-11-28(30(25)33(38)41)35-16-13-24(14-17-35)31(39)37-21-19-36(20-22-37)27-10-4-3-9-26(27)34/h2-12,24H,13-22H2,1H3. The lowest BCUT2D eigenvalue weighted by Gasteiger charge is -2.40. The van der Waals surface area contributed by atoms with E-state index in [1.54, 1.807) is 13.2 Å². The normalized spacial score (nSPS) is 17.6. The van der Waals surface area contributed by atoms with Gasteiger partial charge in [0.1, 0.15) is 5.75 Å². The number of anilines is 2. The monoisotopic (exact) mass is 586 g/mol. The number of hydrogen-bond acceptors (Lipinski definition) is 6. The number of amides is 3. The van der Waals surface area contributed by atoms with E-state index in [2.05, 4.69) is 9.80 Å². The molecule has 2 fully saturated rings. The number of carbonyl (C=O) groups excluding carboxylic acids is 3. The largest absolute Gasteiger partial charge is 0.496 e. The molecule has 218 valence electrons. The number of imide groups is 1. The number of ether oxygens (including phenoxy) is 1. The maximum absolute atomic E-state index is 13.5. The van der Waals surface area contributed by atoms with Gasteiger partial charge in [-0.3, -0.25) is 19.3 Å². The summed E-state index contributed by atoms with van der Waals surface area (Å²) in [6.07, 6.45) is 1.95. The van der Waals surface area contributed by atoms with Crippen molar-refractivity contribution in [2.75, 3.05) is 62.7 Å². The minimum Gasteiger partial charge on any atom is -0.496 e. The van der Waals surface area contributed by atoms with Gasteiger partial charge in [0.05, 0.1) is 34.6 Å². The molecular formula is C33H35ClN4O4. The van der Waals surface area contributed by atoms with Crippen molar-refractivity contribution >= 4 is 40.7 Å². The number of para-hydroxylation sites is 2. The smallest absolute Gasteiger partial charge is 0.263 e. The molecule has 0 aliphatic carbocycles. The zero-order valence-corrected chi connectivity index (χ0v) is 24.6. The van der Waals surface area contributed by atoms with Gasteiger partial charge in [-0.25, -0.2) is 0 Å². The topological polar surface area (TPSA) is 73.4 Å². The Morgan fingerprint density at radius 2 is 1.48 bits per heavy atom. The molecule has 3 amide bonds. The van der Waals surface area contributed by atoms with Gasteiger partial charge in [-0.2, -0.15) is 0 Å². The Hall–Kier alpha value is -4.04. The van der Waals surface area contributed by atoms with Gasteiger partial charge >= 0.3 is 0 Å². The van der Waals surface area contributed by atoms with Crippen LogP contribution in [0.1, 0.15) is 39.1 Å². The van der Waals surface area contributed by atoms with E-state index in [-0.39, 0.29) is 30.2 Å². The van der Waals surface area contributed by atoms with Crippen LogP contribution in [0.15, 0.2) is 66.7 Å². The first-order valence-electron chi connectivity index (χ1n) is 14.6. The highest BCUT2D eigenvalue weighted by Crippen LogP contribution is 2.35. The summed E-state index contributed by atoms with van der Waals surface area (Å²) in [5.74, 6) is 0.401. The summed E-state index contributed by atoms with van der Waals surface area (Å²) in [4.78, 5) is 48.0. The van der Waals surface area contributed by atoms with Crippen LogP contribution in [0.4, 0.5) is 11.4 Å². The highest BCUT2D eigenvalue weighted by molar-refractivity contribution is 6.33. The SMILES string of the molecule is COc1ccccc1CCN1C(=O)c2cccc(N3CCC(C(=O)N4CCN(c5ccccc5Cl)CC4)CC3)c2C1=O. The first-order valence-corrected chi connectivity index (χ1v) is 15.0. The molecule has 8 nitrogen and oxygen atoms in total. The molecular weight excluding hydrogens is 552 g/mol. The number of carbonyl (C=O) groups is 3. The fourth-order valence-electron chi connectivity index (χ4n) is 6.43. The first kappa shape index (κ1) is 28.1. The van der Waals surface area contributed by atoms with Crippen molar-refractivity contribution in [1.29, 1.82) is 0 Å². The minimum absolute atomic E-state index is 0.0421. The van der Waals surface area contributed by atoms with Gasteiger partial charge in [-0.05, 0) is 55.2 Å². The second kappa shape index (κ2) is 12.1. The van der Waals surface area contributed by atoms with E-state index in [0.717, 1.165) is 40.8 Å². The Labute approximate surface area is 251 Å². The Bertz CT molecular complexity index is 1490. The van der Waals surface area contributed by atoms with Crippen molar-refractivity contribution in [3.63, 3.8) is 0 Å². The summed E-state index contributed by atoms with van der Waals surface area (Å²) in [5.41, 5.74) is 3.68. The summed E-state index contributed by atoms with van der Waals surface area (Å²) in [5, 5.41) is 0.733. The molecule has 3 aromatic rings. The molecule has 0 N–H and O–H groups in total. The Morgan fingerprint density at radius 1 is 0.810 bits per heavy atom. The number of benzene rings is 3. The number of nitrogens with zero attached hydrogens (tertiary/aromatic N) is 4. The lowest BCUT2D eigenvalue weighted by Crippen LogP contribution is -2.51. The van der Waals surface area contributed by atoms with Crippen molar-refractivity contribution < 1.29 is 19.1 Å². The van der Waals surface area contributed by atoms with E-state index in [4.69, 9.17) is 16.3 Å². The Morgan fingerprint density at radius 3 is 2.21 bits per heavy atom. The number of halogens is 1.